The zero-order valence-electron chi connectivity index (χ0n) is 13.4. The maximum absolute atomic E-state index is 11.3. The molecule has 1 fully saturated rings. The van der Waals surface area contributed by atoms with Gasteiger partial charge in [-0.05, 0) is 55.1 Å². The molecule has 24 heavy (non-hydrogen) atoms. The van der Waals surface area contributed by atoms with Crippen molar-refractivity contribution in [1.82, 2.24) is 4.90 Å². The van der Waals surface area contributed by atoms with Gasteiger partial charge in [0.25, 0.3) is 0 Å². The predicted molar refractivity (Wildman–Crippen MR) is 96.5 cm³/mol. The van der Waals surface area contributed by atoms with Crippen LogP contribution in [0.1, 0.15) is 40.2 Å². The van der Waals surface area contributed by atoms with E-state index in [9.17, 15) is 9.90 Å². The number of likely N-dealkylation sites (tertiary alicyclic amines) is 1. The summed E-state index contributed by atoms with van der Waals surface area (Å²) in [5.74, 6) is -0.796. The Morgan fingerprint density at radius 2 is 1.83 bits per heavy atom. The highest BCUT2D eigenvalue weighted by molar-refractivity contribution is 6.32. The lowest BCUT2D eigenvalue weighted by Gasteiger charge is -2.33. The van der Waals surface area contributed by atoms with Crippen molar-refractivity contribution >= 4 is 23.3 Å². The molecule has 2 aromatic carbocycles. The molecule has 0 bridgehead atoms. The van der Waals surface area contributed by atoms with Gasteiger partial charge in [-0.15, -0.1) is 0 Å². The van der Waals surface area contributed by atoms with Crippen LogP contribution in [0.4, 0.5) is 5.69 Å². The van der Waals surface area contributed by atoms with E-state index in [-0.39, 0.29) is 11.5 Å². The van der Waals surface area contributed by atoms with E-state index in [1.54, 1.807) is 6.07 Å². The van der Waals surface area contributed by atoms with Gasteiger partial charge in [0.05, 0.1) is 11.3 Å². The summed E-state index contributed by atoms with van der Waals surface area (Å²) in [5, 5.41) is 9.82. The van der Waals surface area contributed by atoms with Crippen LogP contribution in [0.25, 0.3) is 0 Å². The van der Waals surface area contributed by atoms with Gasteiger partial charge in [-0.1, -0.05) is 41.9 Å². The molecule has 1 saturated heterocycles. The van der Waals surface area contributed by atoms with Gasteiger partial charge in [-0.25, -0.2) is 4.79 Å². The molecule has 0 aromatic heterocycles. The Labute approximate surface area is 146 Å². The molecule has 1 aliphatic rings. The van der Waals surface area contributed by atoms with Crippen molar-refractivity contribution in [1.29, 1.82) is 0 Å². The molecule has 3 rings (SSSR count). The molecule has 126 valence electrons. The lowest BCUT2D eigenvalue weighted by molar-refractivity contribution is 0.0698. The van der Waals surface area contributed by atoms with Gasteiger partial charge in [0, 0.05) is 11.6 Å². The minimum Gasteiger partial charge on any atom is -0.478 e. The summed E-state index contributed by atoms with van der Waals surface area (Å²) in [6.07, 6.45) is 1.86. The largest absolute Gasteiger partial charge is 0.478 e. The van der Waals surface area contributed by atoms with E-state index >= 15 is 0 Å². The highest BCUT2D eigenvalue weighted by atomic mass is 35.5. The van der Waals surface area contributed by atoms with Crippen molar-refractivity contribution in [2.24, 2.45) is 0 Å². The number of hydrogen-bond donors (Lipinski definition) is 2. The summed E-state index contributed by atoms with van der Waals surface area (Å²) >= 11 is 6.32. The third-order valence-corrected chi connectivity index (χ3v) is 5.04. The normalized spacial score (nSPS) is 16.2. The van der Waals surface area contributed by atoms with Crippen molar-refractivity contribution in [2.45, 2.75) is 25.3 Å². The molecule has 3 N–H and O–H groups in total. The van der Waals surface area contributed by atoms with Gasteiger partial charge in [0.1, 0.15) is 0 Å². The Hall–Kier alpha value is -2.04. The van der Waals surface area contributed by atoms with Crippen LogP contribution < -0.4 is 5.73 Å². The number of nitrogen functional groups attached to an aromatic ring is 1. The zero-order valence-corrected chi connectivity index (χ0v) is 14.2. The van der Waals surface area contributed by atoms with Crippen LogP contribution in [0.3, 0.4) is 0 Å². The summed E-state index contributed by atoms with van der Waals surface area (Å²) in [4.78, 5) is 13.7. The van der Waals surface area contributed by atoms with Crippen LogP contribution in [-0.2, 0) is 6.54 Å². The second-order valence-corrected chi connectivity index (χ2v) is 6.67. The molecule has 5 heteroatoms. The monoisotopic (exact) mass is 344 g/mol. The van der Waals surface area contributed by atoms with Crippen LogP contribution in [0.5, 0.6) is 0 Å². The van der Waals surface area contributed by atoms with Gasteiger partial charge in [-0.2, -0.15) is 0 Å². The van der Waals surface area contributed by atoms with Crippen molar-refractivity contribution in [3.05, 3.63) is 64.2 Å². The molecule has 0 aliphatic carbocycles. The minimum absolute atomic E-state index is 0.140. The molecule has 1 heterocycles. The van der Waals surface area contributed by atoms with E-state index in [1.807, 2.05) is 6.07 Å². The molecule has 0 atom stereocenters. The lowest BCUT2D eigenvalue weighted by atomic mass is 9.87. The van der Waals surface area contributed by atoms with Crippen molar-refractivity contribution in [3.8, 4) is 0 Å². The van der Waals surface area contributed by atoms with Crippen LogP contribution >= 0.6 is 11.6 Å². The number of piperidine rings is 1. The number of nitrogens with zero attached hydrogens (tertiary/aromatic N) is 1. The summed E-state index contributed by atoms with van der Waals surface area (Å²) in [6, 6.07) is 13.5. The van der Waals surface area contributed by atoms with Crippen LogP contribution in [0.15, 0.2) is 42.5 Å². The summed E-state index contributed by atoms with van der Waals surface area (Å²) < 4.78 is 0. The number of aromatic carboxylic acids is 1. The molecule has 0 unspecified atom stereocenters. The number of carboxylic acid groups (broad SMARTS) is 1. The number of carbonyl (C=O) groups is 1. The van der Waals surface area contributed by atoms with E-state index in [0.717, 1.165) is 38.0 Å². The molecule has 0 radical (unpaired) electrons. The molecule has 4 nitrogen and oxygen atoms in total. The second kappa shape index (κ2) is 7.24. The number of carboxylic acids is 1. The number of rotatable bonds is 4. The highest BCUT2D eigenvalue weighted by Crippen LogP contribution is 2.38. The average Bonchev–Trinajstić information content (AvgIpc) is 2.57. The standard InChI is InChI=1S/C19H21ClN2O2/c20-16-7-6-15(19(23)24)18(21)17(16)14-8-10-22(11-9-14)12-13-4-2-1-3-5-13/h1-7,14H,8-12,21H2,(H,23,24). The fourth-order valence-corrected chi connectivity index (χ4v) is 3.75. The van der Waals surface area contributed by atoms with E-state index in [0.29, 0.717) is 10.7 Å². The SMILES string of the molecule is Nc1c(C(=O)O)ccc(Cl)c1C1CCN(Cc2ccccc2)CC1. The van der Waals surface area contributed by atoms with Crippen molar-refractivity contribution in [2.75, 3.05) is 18.8 Å². The van der Waals surface area contributed by atoms with Gasteiger partial charge in [0.15, 0.2) is 0 Å². The van der Waals surface area contributed by atoms with Gasteiger partial charge in [0.2, 0.25) is 0 Å². The Balaban J connectivity index is 1.71. The molecular weight excluding hydrogens is 324 g/mol. The Morgan fingerprint density at radius 1 is 1.17 bits per heavy atom. The molecule has 0 amide bonds. The first kappa shape index (κ1) is 16.8. The first-order valence-electron chi connectivity index (χ1n) is 8.13. The van der Waals surface area contributed by atoms with Crippen LogP contribution in [0.2, 0.25) is 5.02 Å². The zero-order chi connectivity index (χ0) is 17.1. The fourth-order valence-electron chi connectivity index (χ4n) is 3.43. The fraction of sp³-hybridized carbons (Fsp3) is 0.316. The average molecular weight is 345 g/mol. The Morgan fingerprint density at radius 3 is 2.46 bits per heavy atom. The lowest BCUT2D eigenvalue weighted by Crippen LogP contribution is -2.32. The van der Waals surface area contributed by atoms with Crippen molar-refractivity contribution < 1.29 is 9.90 Å². The number of halogens is 1. The van der Waals surface area contributed by atoms with Gasteiger partial charge >= 0.3 is 5.97 Å². The van der Waals surface area contributed by atoms with Crippen molar-refractivity contribution in [3.63, 3.8) is 0 Å². The number of anilines is 1. The molecule has 2 aromatic rings. The summed E-state index contributed by atoms with van der Waals surface area (Å²) in [5.41, 5.74) is 8.66. The topological polar surface area (TPSA) is 66.6 Å². The number of nitrogens with two attached hydrogens (primary N) is 1. The Kier molecular flexibility index (Phi) is 5.07. The Bertz CT molecular complexity index is 726. The van der Waals surface area contributed by atoms with Crippen LogP contribution in [-0.4, -0.2) is 29.1 Å². The molecule has 1 aliphatic heterocycles. The third-order valence-electron chi connectivity index (χ3n) is 4.71. The van der Waals surface area contributed by atoms with E-state index in [4.69, 9.17) is 17.3 Å². The maximum atomic E-state index is 11.3. The quantitative estimate of drug-likeness (QED) is 0.823. The first-order valence-corrected chi connectivity index (χ1v) is 8.51. The molecular formula is C19H21ClN2O2. The van der Waals surface area contributed by atoms with E-state index in [2.05, 4.69) is 29.2 Å². The minimum atomic E-state index is -1.01. The second-order valence-electron chi connectivity index (χ2n) is 6.26. The first-order chi connectivity index (χ1) is 11.6. The van der Waals surface area contributed by atoms with Crippen LogP contribution in [0, 0.1) is 0 Å². The highest BCUT2D eigenvalue weighted by Gasteiger charge is 2.26. The third kappa shape index (κ3) is 3.55. The molecule has 0 spiro atoms. The smallest absolute Gasteiger partial charge is 0.337 e. The number of benzene rings is 2. The molecule has 0 saturated carbocycles. The number of hydrogen-bond acceptors (Lipinski definition) is 3. The predicted octanol–water partition coefficient (Wildman–Crippen LogP) is 4.00. The van der Waals surface area contributed by atoms with Gasteiger partial charge < -0.3 is 10.8 Å². The summed E-state index contributed by atoms with van der Waals surface area (Å²) in [6.45, 7) is 2.84. The van der Waals surface area contributed by atoms with E-state index < -0.39 is 5.97 Å². The van der Waals surface area contributed by atoms with Gasteiger partial charge in [-0.3, -0.25) is 4.90 Å². The maximum Gasteiger partial charge on any atom is 0.337 e. The van der Waals surface area contributed by atoms with E-state index in [1.165, 1.54) is 11.6 Å². The summed E-state index contributed by atoms with van der Waals surface area (Å²) in [7, 11) is 0.